The fraction of sp³-hybridized carbons (Fsp3) is 0.839. The lowest BCUT2D eigenvalue weighted by molar-refractivity contribution is -0.151. The van der Waals surface area contributed by atoms with Gasteiger partial charge in [0.15, 0.2) is 6.10 Å². The summed E-state index contributed by atoms with van der Waals surface area (Å²) in [6.07, 6.45) is 11.7. The molecule has 2 amide bonds. The van der Waals surface area contributed by atoms with Gasteiger partial charge in [0.25, 0.3) is 5.91 Å². The number of halogens is 1. The molecule has 42 heavy (non-hydrogen) atoms. The lowest BCUT2D eigenvalue weighted by atomic mass is 10.0. The highest BCUT2D eigenvalue weighted by molar-refractivity contribution is 14.1. The third-order valence-electron chi connectivity index (χ3n) is 7.54. The molecule has 1 unspecified atom stereocenters. The van der Waals surface area contributed by atoms with Crippen LogP contribution in [-0.4, -0.2) is 87.2 Å². The quantitative estimate of drug-likeness (QED) is 0.0374. The van der Waals surface area contributed by atoms with Crippen LogP contribution in [0.25, 0.3) is 0 Å². The zero-order valence-electron chi connectivity index (χ0n) is 25.8. The van der Waals surface area contributed by atoms with E-state index in [4.69, 9.17) is 9.47 Å². The van der Waals surface area contributed by atoms with Crippen molar-refractivity contribution in [1.29, 1.82) is 0 Å². The summed E-state index contributed by atoms with van der Waals surface area (Å²) in [5.74, 6) is -1.53. The first-order valence-electron chi connectivity index (χ1n) is 15.8. The van der Waals surface area contributed by atoms with Crippen molar-refractivity contribution in [3.8, 4) is 0 Å². The Morgan fingerprint density at radius 2 is 1.52 bits per heavy atom. The Labute approximate surface area is 265 Å². The second-order valence-electron chi connectivity index (χ2n) is 11.3. The highest BCUT2D eigenvalue weighted by atomic mass is 127. The number of hydrogen-bond donors (Lipinski definition) is 5. The van der Waals surface area contributed by atoms with Crippen molar-refractivity contribution in [2.24, 2.45) is 0 Å². The zero-order valence-corrected chi connectivity index (χ0v) is 27.9. The molecule has 1 aliphatic heterocycles. The van der Waals surface area contributed by atoms with Crippen molar-refractivity contribution in [1.82, 2.24) is 10.6 Å². The van der Waals surface area contributed by atoms with Crippen molar-refractivity contribution in [3.05, 3.63) is 12.2 Å². The van der Waals surface area contributed by atoms with E-state index in [0.717, 1.165) is 19.3 Å². The molecule has 1 saturated heterocycles. The van der Waals surface area contributed by atoms with Gasteiger partial charge in [0.1, 0.15) is 30.5 Å². The Hall–Kier alpha value is -1.28. The minimum atomic E-state index is -1.73. The minimum Gasteiger partial charge on any atom is -0.460 e. The summed E-state index contributed by atoms with van der Waals surface area (Å²) in [5.41, 5.74) is 0. The average molecular weight is 711 g/mol. The zero-order chi connectivity index (χ0) is 31.3. The standard InChI is InChI=1S/C31H55IN2O8/c1-4-5-6-7-8-9-10-11-12-13-14-15-16-26(36)42-23-18-19-24(30(39)33-21-23)34-31(40)29(41-3)28(38)27(37)25(35)20-17-22(2)32/h17,20,22-25,27-29,35,37-38H,4-16,18-19,21H2,1-3H3,(H,33,39)(H,34,40)/b20-17+/t22?,23-,24-,25+,27-,28+,29+/m0/s1. The number of aliphatic hydroxyl groups is 3. The molecule has 1 rings (SSSR count). The number of esters is 1. The molecule has 0 aromatic rings. The number of carbonyl (C=O) groups excluding carboxylic acids is 3. The number of aliphatic hydroxyl groups excluding tert-OH is 3. The lowest BCUT2D eigenvalue weighted by Gasteiger charge is -2.28. The molecule has 0 aromatic heterocycles. The lowest BCUT2D eigenvalue weighted by Crippen LogP contribution is -2.55. The average Bonchev–Trinajstić information content (AvgIpc) is 3.12. The number of hydrogen-bond acceptors (Lipinski definition) is 8. The van der Waals surface area contributed by atoms with Gasteiger partial charge in [0, 0.05) is 17.5 Å². The third kappa shape index (κ3) is 16.5. The molecule has 244 valence electrons. The largest absolute Gasteiger partial charge is 0.460 e. The van der Waals surface area contributed by atoms with Gasteiger partial charge in [-0.15, -0.1) is 0 Å². The first-order chi connectivity index (χ1) is 20.1. The van der Waals surface area contributed by atoms with Crippen LogP contribution < -0.4 is 10.6 Å². The molecule has 5 N–H and O–H groups in total. The van der Waals surface area contributed by atoms with Crippen molar-refractivity contribution in [2.45, 2.75) is 151 Å². The van der Waals surface area contributed by atoms with Gasteiger partial charge in [-0.05, 0) is 26.2 Å². The summed E-state index contributed by atoms with van der Waals surface area (Å²) < 4.78 is 10.8. The van der Waals surface area contributed by atoms with Gasteiger partial charge in [-0.1, -0.05) is 112 Å². The van der Waals surface area contributed by atoms with Gasteiger partial charge < -0.3 is 35.4 Å². The smallest absolute Gasteiger partial charge is 0.306 e. The fourth-order valence-electron chi connectivity index (χ4n) is 4.93. The fourth-order valence-corrected chi connectivity index (χ4v) is 5.17. The molecule has 1 heterocycles. The van der Waals surface area contributed by atoms with Gasteiger partial charge in [-0.3, -0.25) is 14.4 Å². The molecular weight excluding hydrogens is 655 g/mol. The number of amides is 2. The van der Waals surface area contributed by atoms with Crippen LogP contribution in [0.15, 0.2) is 12.2 Å². The van der Waals surface area contributed by atoms with Crippen LogP contribution in [0.5, 0.6) is 0 Å². The number of nitrogens with one attached hydrogen (secondary N) is 2. The number of allylic oxidation sites excluding steroid dienone is 1. The van der Waals surface area contributed by atoms with Crippen molar-refractivity contribution >= 4 is 40.4 Å². The van der Waals surface area contributed by atoms with Crippen LogP contribution in [-0.2, 0) is 23.9 Å². The van der Waals surface area contributed by atoms with E-state index in [-0.39, 0.29) is 22.9 Å². The van der Waals surface area contributed by atoms with Crippen LogP contribution in [0, 0.1) is 0 Å². The summed E-state index contributed by atoms with van der Waals surface area (Å²) in [6.45, 7) is 4.26. The van der Waals surface area contributed by atoms with E-state index in [1.54, 1.807) is 6.08 Å². The molecule has 7 atom stereocenters. The monoisotopic (exact) mass is 710 g/mol. The molecule has 11 heteroatoms. The van der Waals surface area contributed by atoms with E-state index < -0.39 is 48.4 Å². The molecule has 0 bridgehead atoms. The minimum absolute atomic E-state index is 0.0920. The van der Waals surface area contributed by atoms with Crippen molar-refractivity contribution in [3.63, 3.8) is 0 Å². The van der Waals surface area contributed by atoms with E-state index in [9.17, 15) is 29.7 Å². The van der Waals surface area contributed by atoms with Crippen molar-refractivity contribution in [2.75, 3.05) is 13.7 Å². The second-order valence-corrected chi connectivity index (χ2v) is 13.3. The SMILES string of the molecule is CCCCCCCCCCCCCCC(=O)O[C@H]1CC[C@H](NC(=O)[C@H](OC)[C@H](O)[C@@H](O)[C@H](O)/C=C/C(C)I)C(=O)NC1. The summed E-state index contributed by atoms with van der Waals surface area (Å²) in [4.78, 5) is 37.7. The van der Waals surface area contributed by atoms with Gasteiger partial charge >= 0.3 is 5.97 Å². The molecule has 1 aliphatic rings. The van der Waals surface area contributed by atoms with Crippen LogP contribution in [0.4, 0.5) is 0 Å². The van der Waals surface area contributed by atoms with E-state index in [1.165, 1.54) is 71.0 Å². The van der Waals surface area contributed by atoms with Crippen LogP contribution in [0.1, 0.15) is 110 Å². The van der Waals surface area contributed by atoms with E-state index in [2.05, 4.69) is 40.1 Å². The van der Waals surface area contributed by atoms with Gasteiger partial charge in [-0.25, -0.2) is 0 Å². The maximum Gasteiger partial charge on any atom is 0.306 e. The third-order valence-corrected chi connectivity index (χ3v) is 7.96. The Kier molecular flexibility index (Phi) is 21.4. The number of carbonyl (C=O) groups is 3. The molecule has 0 aromatic carbocycles. The summed E-state index contributed by atoms with van der Waals surface area (Å²) in [6, 6.07) is -0.927. The Morgan fingerprint density at radius 1 is 0.952 bits per heavy atom. The first kappa shape index (κ1) is 38.7. The van der Waals surface area contributed by atoms with E-state index in [1.807, 2.05) is 6.92 Å². The molecule has 0 spiro atoms. The number of alkyl halides is 1. The van der Waals surface area contributed by atoms with Gasteiger partial charge in [0.05, 0.1) is 6.54 Å². The molecular formula is C31H55IN2O8. The molecule has 10 nitrogen and oxygen atoms in total. The second kappa shape index (κ2) is 23.1. The maximum atomic E-state index is 12.8. The van der Waals surface area contributed by atoms with E-state index in [0.29, 0.717) is 12.8 Å². The van der Waals surface area contributed by atoms with Crippen LogP contribution in [0.3, 0.4) is 0 Å². The molecule has 0 saturated carbocycles. The maximum absolute atomic E-state index is 12.8. The topological polar surface area (TPSA) is 154 Å². The Balaban J connectivity index is 2.36. The van der Waals surface area contributed by atoms with E-state index >= 15 is 0 Å². The Morgan fingerprint density at radius 3 is 2.07 bits per heavy atom. The number of ether oxygens (including phenoxy) is 2. The molecule has 0 aliphatic carbocycles. The first-order valence-corrected chi connectivity index (χ1v) is 17.0. The van der Waals surface area contributed by atoms with Crippen LogP contribution >= 0.6 is 22.6 Å². The summed E-state index contributed by atoms with van der Waals surface area (Å²) in [5, 5.41) is 36.1. The van der Waals surface area contributed by atoms with Gasteiger partial charge in [0.2, 0.25) is 5.91 Å². The number of rotatable bonds is 22. The number of unbranched alkanes of at least 4 members (excludes halogenated alkanes) is 11. The highest BCUT2D eigenvalue weighted by Gasteiger charge is 2.37. The molecule has 1 fully saturated rings. The highest BCUT2D eigenvalue weighted by Crippen LogP contribution is 2.16. The van der Waals surface area contributed by atoms with Gasteiger partial charge in [-0.2, -0.15) is 0 Å². The normalized spacial score (nSPS) is 21.2. The summed E-state index contributed by atoms with van der Waals surface area (Å²) in [7, 11) is 1.19. The summed E-state index contributed by atoms with van der Waals surface area (Å²) >= 11 is 2.11. The predicted molar refractivity (Wildman–Crippen MR) is 171 cm³/mol. The van der Waals surface area contributed by atoms with Crippen molar-refractivity contribution < 1.29 is 39.2 Å². The van der Waals surface area contributed by atoms with Crippen LogP contribution in [0.2, 0.25) is 0 Å². The Bertz CT molecular complexity index is 797. The number of methoxy groups -OCH3 is 1. The predicted octanol–water partition coefficient (Wildman–Crippen LogP) is 3.86. The molecule has 0 radical (unpaired) electrons.